The highest BCUT2D eigenvalue weighted by molar-refractivity contribution is 5.88. The van der Waals surface area contributed by atoms with E-state index in [1.807, 2.05) is 6.92 Å². The molecule has 0 aromatic carbocycles. The summed E-state index contributed by atoms with van der Waals surface area (Å²) in [4.78, 5) is 25.2. The Morgan fingerprint density at radius 3 is 3.06 bits per heavy atom. The van der Waals surface area contributed by atoms with E-state index in [9.17, 15) is 9.59 Å². The van der Waals surface area contributed by atoms with Crippen molar-refractivity contribution in [3.63, 3.8) is 0 Å². The molecule has 1 fully saturated rings. The minimum absolute atomic E-state index is 0.0145. The van der Waals surface area contributed by atoms with Crippen LogP contribution in [0, 0.1) is 0 Å². The minimum Gasteiger partial charge on any atom is -0.383 e. The van der Waals surface area contributed by atoms with Crippen molar-refractivity contribution in [3.05, 3.63) is 0 Å². The number of hydrogen-bond donors (Lipinski definition) is 2. The normalized spacial score (nSPS) is 20.5. The summed E-state index contributed by atoms with van der Waals surface area (Å²) in [6.07, 6.45) is 0.193. The van der Waals surface area contributed by atoms with Crippen LogP contribution in [0.4, 0.5) is 0 Å². The lowest BCUT2D eigenvalue weighted by molar-refractivity contribution is -0.138. The van der Waals surface area contributed by atoms with Crippen LogP contribution in [-0.4, -0.2) is 62.7 Å². The fourth-order valence-electron chi connectivity index (χ4n) is 1.82. The first-order chi connectivity index (χ1) is 8.19. The Labute approximate surface area is 102 Å². The Kier molecular flexibility index (Phi) is 5.93. The Bertz CT molecular complexity index is 271. The zero-order valence-electron chi connectivity index (χ0n) is 10.5. The molecule has 98 valence electrons. The smallest absolute Gasteiger partial charge is 0.240 e. The van der Waals surface area contributed by atoms with Gasteiger partial charge in [-0.25, -0.2) is 0 Å². The average molecular weight is 243 g/mol. The first-order valence-corrected chi connectivity index (χ1v) is 5.96. The lowest BCUT2D eigenvalue weighted by atomic mass is 10.1. The van der Waals surface area contributed by atoms with Crippen molar-refractivity contribution in [2.24, 2.45) is 0 Å². The molecule has 1 saturated heterocycles. The second-order valence-corrected chi connectivity index (χ2v) is 3.97. The average Bonchev–Trinajstić information content (AvgIpc) is 2.32. The molecule has 17 heavy (non-hydrogen) atoms. The second-order valence-electron chi connectivity index (χ2n) is 3.97. The summed E-state index contributed by atoms with van der Waals surface area (Å²) < 4.78 is 4.83. The topological polar surface area (TPSA) is 70.7 Å². The van der Waals surface area contributed by atoms with E-state index in [2.05, 4.69) is 10.6 Å². The molecule has 6 heteroatoms. The fourth-order valence-corrected chi connectivity index (χ4v) is 1.82. The molecule has 0 aromatic rings. The van der Waals surface area contributed by atoms with Crippen LogP contribution in [0.25, 0.3) is 0 Å². The van der Waals surface area contributed by atoms with Gasteiger partial charge in [-0.2, -0.15) is 0 Å². The first-order valence-electron chi connectivity index (χ1n) is 5.96. The van der Waals surface area contributed by atoms with Crippen molar-refractivity contribution in [2.75, 3.05) is 39.9 Å². The summed E-state index contributed by atoms with van der Waals surface area (Å²) in [5.74, 6) is -0.105. The van der Waals surface area contributed by atoms with Gasteiger partial charge in [-0.3, -0.25) is 9.59 Å². The van der Waals surface area contributed by atoms with Crippen molar-refractivity contribution in [3.8, 4) is 0 Å². The maximum absolute atomic E-state index is 11.9. The van der Waals surface area contributed by atoms with Crippen molar-refractivity contribution >= 4 is 11.8 Å². The fraction of sp³-hybridized carbons (Fsp3) is 0.818. The van der Waals surface area contributed by atoms with Crippen molar-refractivity contribution in [1.29, 1.82) is 0 Å². The number of nitrogens with zero attached hydrogens (tertiary/aromatic N) is 1. The van der Waals surface area contributed by atoms with Crippen molar-refractivity contribution in [1.82, 2.24) is 15.5 Å². The van der Waals surface area contributed by atoms with E-state index in [4.69, 9.17) is 4.74 Å². The van der Waals surface area contributed by atoms with E-state index < -0.39 is 0 Å². The molecule has 0 aromatic heterocycles. The highest BCUT2D eigenvalue weighted by Gasteiger charge is 2.28. The Morgan fingerprint density at radius 1 is 1.65 bits per heavy atom. The maximum atomic E-state index is 11.9. The number of amides is 2. The van der Waals surface area contributed by atoms with E-state index in [1.54, 1.807) is 12.0 Å². The number of hydrogen-bond acceptors (Lipinski definition) is 4. The zero-order valence-corrected chi connectivity index (χ0v) is 10.5. The number of carbonyl (C=O) groups excluding carboxylic acids is 2. The Hall–Kier alpha value is -1.14. The van der Waals surface area contributed by atoms with E-state index in [0.717, 1.165) is 13.1 Å². The second kappa shape index (κ2) is 7.24. The summed E-state index contributed by atoms with van der Waals surface area (Å²) in [6.45, 7) is 5.07. The Morgan fingerprint density at radius 2 is 2.41 bits per heavy atom. The van der Waals surface area contributed by atoms with Gasteiger partial charge in [-0.05, 0) is 6.92 Å². The van der Waals surface area contributed by atoms with Gasteiger partial charge in [0.1, 0.15) is 0 Å². The van der Waals surface area contributed by atoms with Gasteiger partial charge in [0.25, 0.3) is 0 Å². The van der Waals surface area contributed by atoms with Gasteiger partial charge in [0, 0.05) is 33.3 Å². The molecule has 1 atom stereocenters. The highest BCUT2D eigenvalue weighted by atomic mass is 16.5. The van der Waals surface area contributed by atoms with E-state index >= 15 is 0 Å². The predicted molar refractivity (Wildman–Crippen MR) is 63.5 cm³/mol. The maximum Gasteiger partial charge on any atom is 0.240 e. The molecule has 0 radical (unpaired) electrons. The number of rotatable bonds is 6. The predicted octanol–water partition coefficient (Wildman–Crippen LogP) is -1.04. The molecular formula is C11H21N3O3. The van der Waals surface area contributed by atoms with Crippen molar-refractivity contribution < 1.29 is 14.3 Å². The van der Waals surface area contributed by atoms with Crippen LogP contribution >= 0.6 is 0 Å². The Balaban J connectivity index is 2.34. The molecule has 1 aliphatic rings. The van der Waals surface area contributed by atoms with E-state index in [1.165, 1.54) is 0 Å². The molecule has 6 nitrogen and oxygen atoms in total. The third-order valence-electron chi connectivity index (χ3n) is 2.78. The summed E-state index contributed by atoms with van der Waals surface area (Å²) in [5, 5.41) is 5.78. The molecule has 1 heterocycles. The summed E-state index contributed by atoms with van der Waals surface area (Å²) in [7, 11) is 1.58. The first kappa shape index (κ1) is 13.9. The van der Waals surface area contributed by atoms with Crippen LogP contribution in [0.15, 0.2) is 0 Å². The van der Waals surface area contributed by atoms with E-state index in [-0.39, 0.29) is 24.3 Å². The zero-order chi connectivity index (χ0) is 12.7. The molecule has 0 saturated carbocycles. The van der Waals surface area contributed by atoms with Gasteiger partial charge in [0.2, 0.25) is 11.8 Å². The monoisotopic (exact) mass is 243 g/mol. The van der Waals surface area contributed by atoms with Gasteiger partial charge in [-0.15, -0.1) is 0 Å². The molecule has 1 unspecified atom stereocenters. The van der Waals surface area contributed by atoms with Crippen LogP contribution in [0.2, 0.25) is 0 Å². The third-order valence-corrected chi connectivity index (χ3v) is 2.78. The quantitative estimate of drug-likeness (QED) is 0.585. The number of carbonyl (C=O) groups is 2. The molecule has 1 aliphatic heterocycles. The van der Waals surface area contributed by atoms with Gasteiger partial charge in [0.15, 0.2) is 0 Å². The van der Waals surface area contributed by atoms with Crippen LogP contribution in [0.1, 0.15) is 13.3 Å². The SMILES string of the molecule is CCN1CCNC(CC(=O)NCCOC)C1=O. The minimum atomic E-state index is -0.383. The largest absolute Gasteiger partial charge is 0.383 e. The number of piperazine rings is 1. The van der Waals surface area contributed by atoms with Crippen LogP contribution in [0.5, 0.6) is 0 Å². The number of methoxy groups -OCH3 is 1. The molecule has 0 aliphatic carbocycles. The van der Waals surface area contributed by atoms with Crippen LogP contribution in [0.3, 0.4) is 0 Å². The lowest BCUT2D eigenvalue weighted by Gasteiger charge is -2.32. The molecule has 2 N–H and O–H groups in total. The van der Waals surface area contributed by atoms with Gasteiger partial charge in [0.05, 0.1) is 19.1 Å². The summed E-state index contributed by atoms with van der Waals surface area (Å²) in [6, 6.07) is -0.383. The molecule has 0 bridgehead atoms. The van der Waals surface area contributed by atoms with Gasteiger partial charge < -0.3 is 20.3 Å². The van der Waals surface area contributed by atoms with Gasteiger partial charge >= 0.3 is 0 Å². The molecular weight excluding hydrogens is 222 g/mol. The highest BCUT2D eigenvalue weighted by Crippen LogP contribution is 2.04. The summed E-state index contributed by atoms with van der Waals surface area (Å²) >= 11 is 0. The number of ether oxygens (including phenoxy) is 1. The van der Waals surface area contributed by atoms with Crippen molar-refractivity contribution in [2.45, 2.75) is 19.4 Å². The van der Waals surface area contributed by atoms with E-state index in [0.29, 0.717) is 19.7 Å². The third kappa shape index (κ3) is 4.32. The van der Waals surface area contributed by atoms with Gasteiger partial charge in [-0.1, -0.05) is 0 Å². The number of nitrogens with one attached hydrogen (secondary N) is 2. The van der Waals surface area contributed by atoms with Crippen LogP contribution < -0.4 is 10.6 Å². The molecule has 2 amide bonds. The summed E-state index contributed by atoms with van der Waals surface area (Å²) in [5.41, 5.74) is 0. The standard InChI is InChI=1S/C11H21N3O3/c1-3-14-6-4-12-9(11(14)16)8-10(15)13-5-7-17-2/h9,12H,3-8H2,1-2H3,(H,13,15). The van der Waals surface area contributed by atoms with Crippen LogP contribution in [-0.2, 0) is 14.3 Å². The molecule has 0 spiro atoms. The lowest BCUT2D eigenvalue weighted by Crippen LogP contribution is -2.56. The molecule has 1 rings (SSSR count). The number of likely N-dealkylation sites (N-methyl/N-ethyl adjacent to an activating group) is 1.